The lowest BCUT2D eigenvalue weighted by atomic mass is 10.2. The van der Waals surface area contributed by atoms with Crippen LogP contribution < -0.4 is 0 Å². The monoisotopic (exact) mass is 311 g/mol. The zero-order valence-corrected chi connectivity index (χ0v) is 10.7. The normalized spacial score (nSPS) is 11.1. The highest BCUT2D eigenvalue weighted by Crippen LogP contribution is 2.26. The van der Waals surface area contributed by atoms with Crippen LogP contribution in [0.2, 0.25) is 0 Å². The van der Waals surface area contributed by atoms with Gasteiger partial charge in [0.05, 0.1) is 10.2 Å². The second kappa shape index (κ2) is 5.27. The quantitative estimate of drug-likeness (QED) is 0.655. The van der Waals surface area contributed by atoms with E-state index in [0.29, 0.717) is 5.56 Å². The van der Waals surface area contributed by atoms with E-state index in [1.807, 2.05) is 0 Å². The molecular weight excluding hydrogens is 304 g/mol. The molecule has 0 aliphatic rings. The van der Waals surface area contributed by atoms with Crippen LogP contribution in [0.4, 0.5) is 14.5 Å². The third kappa shape index (κ3) is 2.73. The maximum Gasteiger partial charge on any atom is 0.151 e. The Kier molecular flexibility index (Phi) is 3.72. The average Bonchev–Trinajstić information content (AvgIpc) is 2.34. The Balaban J connectivity index is 2.35. The smallest absolute Gasteiger partial charge is 0.151 e. The number of hydrogen-bond acceptors (Lipinski definition) is 2. The van der Waals surface area contributed by atoms with Gasteiger partial charge in [0.25, 0.3) is 0 Å². The summed E-state index contributed by atoms with van der Waals surface area (Å²) in [6.45, 7) is 0. The summed E-state index contributed by atoms with van der Waals surface area (Å²) in [6, 6.07) is 8.51. The molecule has 92 valence electrons. The first-order valence-electron chi connectivity index (χ1n) is 5.04. The molecule has 0 heterocycles. The zero-order chi connectivity index (χ0) is 13.1. The summed E-state index contributed by atoms with van der Waals surface area (Å²) in [4.78, 5) is 3.88. The van der Waals surface area contributed by atoms with Crippen molar-refractivity contribution in [3.05, 3.63) is 58.1 Å². The predicted molar refractivity (Wildman–Crippen MR) is 69.4 cm³/mol. The molecule has 0 spiro atoms. The van der Waals surface area contributed by atoms with Gasteiger partial charge in [-0.1, -0.05) is 12.1 Å². The van der Waals surface area contributed by atoms with E-state index in [1.54, 1.807) is 18.2 Å². The van der Waals surface area contributed by atoms with E-state index < -0.39 is 11.6 Å². The molecular formula is C13H8BrF2NO. The third-order valence-electron chi connectivity index (χ3n) is 2.27. The Morgan fingerprint density at radius 1 is 1.11 bits per heavy atom. The molecule has 5 heteroatoms. The number of para-hydroxylation sites is 1. The first kappa shape index (κ1) is 12.7. The number of nitrogens with zero attached hydrogens (tertiary/aromatic N) is 1. The van der Waals surface area contributed by atoms with Crippen molar-refractivity contribution in [1.82, 2.24) is 0 Å². The first-order chi connectivity index (χ1) is 8.58. The molecule has 0 unspecified atom stereocenters. The maximum absolute atomic E-state index is 13.4. The van der Waals surface area contributed by atoms with Crippen LogP contribution in [-0.2, 0) is 0 Å². The Labute approximate surface area is 111 Å². The van der Waals surface area contributed by atoms with Crippen molar-refractivity contribution in [2.75, 3.05) is 0 Å². The Hall–Kier alpha value is -1.75. The number of phenols is 1. The van der Waals surface area contributed by atoms with Gasteiger partial charge in [0.15, 0.2) is 5.82 Å². The summed E-state index contributed by atoms with van der Waals surface area (Å²) in [5.74, 6) is -1.40. The van der Waals surface area contributed by atoms with Gasteiger partial charge < -0.3 is 5.11 Å². The van der Waals surface area contributed by atoms with Crippen LogP contribution >= 0.6 is 15.9 Å². The van der Waals surface area contributed by atoms with Gasteiger partial charge >= 0.3 is 0 Å². The molecule has 0 radical (unpaired) electrons. The number of benzene rings is 2. The van der Waals surface area contributed by atoms with Crippen LogP contribution in [0.25, 0.3) is 0 Å². The fourth-order valence-corrected chi connectivity index (χ4v) is 1.68. The van der Waals surface area contributed by atoms with E-state index in [0.717, 1.165) is 6.07 Å². The van der Waals surface area contributed by atoms with Crippen LogP contribution in [-0.4, -0.2) is 11.3 Å². The summed E-state index contributed by atoms with van der Waals surface area (Å²) < 4.78 is 26.5. The number of halogens is 3. The van der Waals surface area contributed by atoms with Crippen LogP contribution in [0, 0.1) is 11.6 Å². The van der Waals surface area contributed by atoms with Gasteiger partial charge in [-0.3, -0.25) is 4.99 Å². The summed E-state index contributed by atoms with van der Waals surface area (Å²) >= 11 is 2.96. The maximum atomic E-state index is 13.4. The van der Waals surface area contributed by atoms with E-state index >= 15 is 0 Å². The van der Waals surface area contributed by atoms with Gasteiger partial charge in [-0.15, -0.1) is 0 Å². The first-order valence-corrected chi connectivity index (χ1v) is 5.84. The summed E-state index contributed by atoms with van der Waals surface area (Å²) in [7, 11) is 0. The minimum absolute atomic E-state index is 0.00784. The highest BCUT2D eigenvalue weighted by atomic mass is 79.9. The van der Waals surface area contributed by atoms with Gasteiger partial charge in [0.1, 0.15) is 11.6 Å². The Bertz CT molecular complexity index is 614. The molecule has 2 rings (SSSR count). The number of aliphatic imine (C=N–C) groups is 1. The molecule has 0 bridgehead atoms. The van der Waals surface area contributed by atoms with E-state index in [2.05, 4.69) is 20.9 Å². The molecule has 0 aliphatic heterocycles. The largest absolute Gasteiger partial charge is 0.507 e. The molecule has 1 N–H and O–H groups in total. The molecule has 2 aromatic rings. The minimum atomic E-state index is -0.762. The lowest BCUT2D eigenvalue weighted by molar-refractivity contribution is 0.474. The minimum Gasteiger partial charge on any atom is -0.507 e. The average molecular weight is 312 g/mol. The topological polar surface area (TPSA) is 32.6 Å². The van der Waals surface area contributed by atoms with Crippen molar-refractivity contribution in [3.63, 3.8) is 0 Å². The highest BCUT2D eigenvalue weighted by molar-refractivity contribution is 9.10. The van der Waals surface area contributed by atoms with Gasteiger partial charge in [-0.2, -0.15) is 0 Å². The molecule has 2 nitrogen and oxygen atoms in total. The fraction of sp³-hybridized carbons (Fsp3) is 0. The second-order valence-corrected chi connectivity index (χ2v) is 4.39. The van der Waals surface area contributed by atoms with Crippen molar-refractivity contribution in [1.29, 1.82) is 0 Å². The number of rotatable bonds is 2. The highest BCUT2D eigenvalue weighted by Gasteiger charge is 2.07. The van der Waals surface area contributed by atoms with Crippen molar-refractivity contribution in [3.8, 4) is 5.75 Å². The van der Waals surface area contributed by atoms with Crippen molar-refractivity contribution < 1.29 is 13.9 Å². The summed E-state index contributed by atoms with van der Waals surface area (Å²) in [5, 5.41) is 9.50. The molecule has 0 aliphatic carbocycles. The molecule has 18 heavy (non-hydrogen) atoms. The molecule has 0 amide bonds. The van der Waals surface area contributed by atoms with Crippen LogP contribution in [0.3, 0.4) is 0 Å². The number of hydrogen-bond donors (Lipinski definition) is 1. The van der Waals surface area contributed by atoms with Crippen molar-refractivity contribution >= 4 is 27.8 Å². The summed E-state index contributed by atoms with van der Waals surface area (Å²) in [5.41, 5.74) is 0.448. The summed E-state index contributed by atoms with van der Waals surface area (Å²) in [6.07, 6.45) is 1.32. The van der Waals surface area contributed by atoms with Crippen LogP contribution in [0.15, 0.2) is 45.9 Å². The molecule has 0 aromatic heterocycles. The van der Waals surface area contributed by atoms with Gasteiger partial charge in [-0.25, -0.2) is 8.78 Å². The van der Waals surface area contributed by atoms with Crippen LogP contribution in [0.1, 0.15) is 5.56 Å². The molecule has 0 saturated carbocycles. The van der Waals surface area contributed by atoms with E-state index in [9.17, 15) is 13.9 Å². The Morgan fingerprint density at radius 3 is 2.56 bits per heavy atom. The standard InChI is InChI=1S/C13H8BrF2NO/c14-9-5-12(11(16)6-10(9)15)17-7-8-3-1-2-4-13(8)18/h1-7,18H/b17-7+. The van der Waals surface area contributed by atoms with E-state index in [-0.39, 0.29) is 15.9 Å². The van der Waals surface area contributed by atoms with Gasteiger partial charge in [0.2, 0.25) is 0 Å². The predicted octanol–water partition coefficient (Wildman–Crippen LogP) is 4.18. The SMILES string of the molecule is Oc1ccccc1/C=N/c1cc(Br)c(F)cc1F. The third-order valence-corrected chi connectivity index (χ3v) is 2.88. The molecule has 0 fully saturated rings. The van der Waals surface area contributed by atoms with Crippen molar-refractivity contribution in [2.45, 2.75) is 0 Å². The van der Waals surface area contributed by atoms with Gasteiger partial charge in [0, 0.05) is 17.8 Å². The van der Waals surface area contributed by atoms with Crippen molar-refractivity contribution in [2.24, 2.45) is 4.99 Å². The lowest BCUT2D eigenvalue weighted by Gasteiger charge is -2.00. The zero-order valence-electron chi connectivity index (χ0n) is 9.07. The second-order valence-electron chi connectivity index (χ2n) is 3.53. The number of phenolic OH excluding ortho intramolecular Hbond substituents is 1. The lowest BCUT2D eigenvalue weighted by Crippen LogP contribution is -1.85. The molecule has 2 aromatic carbocycles. The molecule has 0 atom stereocenters. The van der Waals surface area contributed by atoms with Gasteiger partial charge in [-0.05, 0) is 34.1 Å². The molecule has 0 saturated heterocycles. The van der Waals surface area contributed by atoms with E-state index in [1.165, 1.54) is 18.3 Å². The number of aromatic hydroxyl groups is 1. The Morgan fingerprint density at radius 2 is 1.83 bits per heavy atom. The van der Waals surface area contributed by atoms with Crippen LogP contribution in [0.5, 0.6) is 5.75 Å². The fourth-order valence-electron chi connectivity index (χ4n) is 1.35. The van der Waals surface area contributed by atoms with E-state index in [4.69, 9.17) is 0 Å².